The van der Waals surface area contributed by atoms with Crippen LogP contribution >= 0.6 is 0 Å². The number of nitrogens with one attached hydrogen (secondary N) is 2. The highest BCUT2D eigenvalue weighted by Crippen LogP contribution is 2.24. The first-order chi connectivity index (χ1) is 14.7. The van der Waals surface area contributed by atoms with Crippen LogP contribution < -0.4 is 15.4 Å². The van der Waals surface area contributed by atoms with Crippen LogP contribution in [0.15, 0.2) is 79.1 Å². The fourth-order valence-electron chi connectivity index (χ4n) is 3.16. The minimum absolute atomic E-state index is 0.160. The third kappa shape index (κ3) is 4.55. The molecule has 0 aliphatic heterocycles. The molecule has 4 rings (SSSR count). The van der Waals surface area contributed by atoms with E-state index < -0.39 is 0 Å². The van der Waals surface area contributed by atoms with Crippen molar-refractivity contribution in [2.45, 2.75) is 13.5 Å². The summed E-state index contributed by atoms with van der Waals surface area (Å²) in [4.78, 5) is 21.7. The van der Waals surface area contributed by atoms with Gasteiger partial charge in [0.2, 0.25) is 0 Å². The van der Waals surface area contributed by atoms with Gasteiger partial charge in [-0.3, -0.25) is 9.78 Å². The molecule has 0 spiro atoms. The van der Waals surface area contributed by atoms with Crippen molar-refractivity contribution in [3.8, 4) is 5.75 Å². The van der Waals surface area contributed by atoms with Crippen molar-refractivity contribution < 1.29 is 9.53 Å². The van der Waals surface area contributed by atoms with E-state index >= 15 is 0 Å². The minimum Gasteiger partial charge on any atom is -0.494 e. The number of pyridine rings is 2. The quantitative estimate of drug-likeness (QED) is 0.472. The summed E-state index contributed by atoms with van der Waals surface area (Å²) >= 11 is 0. The van der Waals surface area contributed by atoms with E-state index in [1.807, 2.05) is 67.6 Å². The van der Waals surface area contributed by atoms with Gasteiger partial charge in [-0.2, -0.15) is 0 Å². The second-order valence-corrected chi connectivity index (χ2v) is 6.70. The van der Waals surface area contributed by atoms with Crippen LogP contribution in [0.1, 0.15) is 22.8 Å². The van der Waals surface area contributed by atoms with Gasteiger partial charge in [-0.05, 0) is 55.0 Å². The number of carbonyl (C=O) groups is 1. The van der Waals surface area contributed by atoms with Gasteiger partial charge in [-0.1, -0.05) is 24.3 Å². The van der Waals surface area contributed by atoms with Gasteiger partial charge in [0.05, 0.1) is 17.7 Å². The summed E-state index contributed by atoms with van der Waals surface area (Å²) in [6.45, 7) is 2.98. The Morgan fingerprint density at radius 1 is 1.03 bits per heavy atom. The van der Waals surface area contributed by atoms with Gasteiger partial charge < -0.3 is 15.4 Å². The standard InChI is InChI=1S/C24H22N4O2/c1-2-30-19-11-9-18(10-12-19)27-23-14-21(20-7-3-4-8-22(20)28-23)24(29)26-16-17-6-5-13-25-15-17/h3-15H,2,16H2,1H3,(H,26,29)(H,27,28). The van der Waals surface area contributed by atoms with Crippen LogP contribution in [0.5, 0.6) is 5.75 Å². The minimum atomic E-state index is -0.160. The number of carbonyl (C=O) groups excluding carboxylic acids is 1. The molecule has 6 nitrogen and oxygen atoms in total. The van der Waals surface area contributed by atoms with E-state index in [0.29, 0.717) is 24.5 Å². The Morgan fingerprint density at radius 3 is 2.63 bits per heavy atom. The summed E-state index contributed by atoms with van der Waals surface area (Å²) < 4.78 is 5.48. The fourth-order valence-corrected chi connectivity index (χ4v) is 3.16. The molecule has 0 unspecified atom stereocenters. The summed E-state index contributed by atoms with van der Waals surface area (Å²) in [5.41, 5.74) is 3.12. The van der Waals surface area contributed by atoms with Gasteiger partial charge in [0.25, 0.3) is 5.91 Å². The molecule has 6 heteroatoms. The number of nitrogens with zero attached hydrogens (tertiary/aromatic N) is 2. The zero-order chi connectivity index (χ0) is 20.8. The lowest BCUT2D eigenvalue weighted by molar-refractivity contribution is 0.0952. The van der Waals surface area contributed by atoms with Crippen molar-refractivity contribution in [1.82, 2.24) is 15.3 Å². The normalized spacial score (nSPS) is 10.6. The van der Waals surface area contributed by atoms with E-state index in [1.165, 1.54) is 0 Å². The molecule has 0 radical (unpaired) electrons. The fraction of sp³-hybridized carbons (Fsp3) is 0.125. The summed E-state index contributed by atoms with van der Waals surface area (Å²) in [5.74, 6) is 1.25. The molecule has 0 aliphatic rings. The molecule has 0 fully saturated rings. The first-order valence-electron chi connectivity index (χ1n) is 9.79. The van der Waals surface area contributed by atoms with Crippen molar-refractivity contribution in [2.24, 2.45) is 0 Å². The molecular weight excluding hydrogens is 376 g/mol. The monoisotopic (exact) mass is 398 g/mol. The summed E-state index contributed by atoms with van der Waals surface area (Å²) in [6.07, 6.45) is 3.45. The summed E-state index contributed by atoms with van der Waals surface area (Å²) in [6, 6.07) is 20.8. The molecule has 0 aliphatic carbocycles. The van der Waals surface area contributed by atoms with Crippen molar-refractivity contribution in [3.05, 3.63) is 90.3 Å². The van der Waals surface area contributed by atoms with Gasteiger partial charge in [0.15, 0.2) is 0 Å². The number of amides is 1. The van der Waals surface area contributed by atoms with E-state index in [2.05, 4.69) is 20.6 Å². The third-order valence-corrected chi connectivity index (χ3v) is 4.57. The molecular formula is C24H22N4O2. The van der Waals surface area contributed by atoms with Crippen LogP contribution in [0, 0.1) is 0 Å². The number of hydrogen-bond acceptors (Lipinski definition) is 5. The Bertz CT molecular complexity index is 1140. The molecule has 150 valence electrons. The van der Waals surface area contributed by atoms with Gasteiger partial charge >= 0.3 is 0 Å². The summed E-state index contributed by atoms with van der Waals surface area (Å²) in [7, 11) is 0. The van der Waals surface area contributed by atoms with Crippen LogP contribution in [0.2, 0.25) is 0 Å². The molecule has 0 saturated heterocycles. The largest absolute Gasteiger partial charge is 0.494 e. The Kier molecular flexibility index (Phi) is 5.85. The Morgan fingerprint density at radius 2 is 1.87 bits per heavy atom. The number of aromatic nitrogens is 2. The number of hydrogen-bond donors (Lipinski definition) is 2. The number of fused-ring (bicyclic) bond motifs is 1. The second-order valence-electron chi connectivity index (χ2n) is 6.70. The number of anilines is 2. The van der Waals surface area contributed by atoms with E-state index in [0.717, 1.165) is 27.9 Å². The maximum absolute atomic E-state index is 12.9. The molecule has 2 N–H and O–H groups in total. The lowest BCUT2D eigenvalue weighted by Gasteiger charge is -2.12. The van der Waals surface area contributed by atoms with Crippen LogP contribution in [-0.2, 0) is 6.54 Å². The van der Waals surface area contributed by atoms with E-state index in [-0.39, 0.29) is 5.91 Å². The number of para-hydroxylation sites is 1. The molecule has 0 atom stereocenters. The zero-order valence-electron chi connectivity index (χ0n) is 16.6. The summed E-state index contributed by atoms with van der Waals surface area (Å²) in [5, 5.41) is 7.05. The van der Waals surface area contributed by atoms with Gasteiger partial charge in [-0.25, -0.2) is 4.98 Å². The number of rotatable bonds is 7. The average molecular weight is 398 g/mol. The lowest BCUT2D eigenvalue weighted by atomic mass is 10.1. The molecule has 1 amide bonds. The third-order valence-electron chi connectivity index (χ3n) is 4.57. The second kappa shape index (κ2) is 9.05. The molecule has 4 aromatic rings. The average Bonchev–Trinajstić information content (AvgIpc) is 2.79. The predicted octanol–water partition coefficient (Wildman–Crippen LogP) is 4.70. The highest BCUT2D eigenvalue weighted by atomic mass is 16.5. The van der Waals surface area contributed by atoms with Crippen LogP contribution in [0.4, 0.5) is 11.5 Å². The van der Waals surface area contributed by atoms with Crippen molar-refractivity contribution in [2.75, 3.05) is 11.9 Å². The lowest BCUT2D eigenvalue weighted by Crippen LogP contribution is -2.23. The molecule has 2 heterocycles. The highest BCUT2D eigenvalue weighted by Gasteiger charge is 2.13. The first-order valence-corrected chi connectivity index (χ1v) is 9.79. The molecule has 2 aromatic heterocycles. The Labute approximate surface area is 175 Å². The predicted molar refractivity (Wildman–Crippen MR) is 118 cm³/mol. The Hall–Kier alpha value is -3.93. The molecule has 30 heavy (non-hydrogen) atoms. The number of ether oxygens (including phenoxy) is 1. The van der Waals surface area contributed by atoms with E-state index in [1.54, 1.807) is 18.5 Å². The van der Waals surface area contributed by atoms with Gasteiger partial charge in [0, 0.05) is 30.0 Å². The smallest absolute Gasteiger partial charge is 0.252 e. The first kappa shape index (κ1) is 19.4. The van der Waals surface area contributed by atoms with Crippen molar-refractivity contribution in [1.29, 1.82) is 0 Å². The Balaban J connectivity index is 1.59. The van der Waals surface area contributed by atoms with Gasteiger partial charge in [-0.15, -0.1) is 0 Å². The highest BCUT2D eigenvalue weighted by molar-refractivity contribution is 6.07. The molecule has 2 aromatic carbocycles. The molecule has 0 saturated carbocycles. The topological polar surface area (TPSA) is 76.1 Å². The van der Waals surface area contributed by atoms with Gasteiger partial charge in [0.1, 0.15) is 11.6 Å². The van der Waals surface area contributed by atoms with Crippen molar-refractivity contribution >= 4 is 28.3 Å². The van der Waals surface area contributed by atoms with E-state index in [9.17, 15) is 4.79 Å². The maximum atomic E-state index is 12.9. The number of benzene rings is 2. The molecule has 0 bridgehead atoms. The SMILES string of the molecule is CCOc1ccc(Nc2cc(C(=O)NCc3cccnc3)c3ccccc3n2)cc1. The van der Waals surface area contributed by atoms with Crippen LogP contribution in [0.3, 0.4) is 0 Å². The maximum Gasteiger partial charge on any atom is 0.252 e. The van der Waals surface area contributed by atoms with Crippen LogP contribution in [0.25, 0.3) is 10.9 Å². The van der Waals surface area contributed by atoms with Crippen LogP contribution in [-0.4, -0.2) is 22.5 Å². The zero-order valence-corrected chi connectivity index (χ0v) is 16.6. The van der Waals surface area contributed by atoms with E-state index in [4.69, 9.17) is 4.74 Å². The van der Waals surface area contributed by atoms with Crippen molar-refractivity contribution in [3.63, 3.8) is 0 Å².